The van der Waals surface area contributed by atoms with Crippen LogP contribution >= 0.6 is 11.5 Å². The molecular weight excluding hydrogens is 226 g/mol. The molecule has 1 aromatic rings. The molecule has 0 bridgehead atoms. The Labute approximate surface area is 97.6 Å². The first-order chi connectivity index (χ1) is 7.69. The van der Waals surface area contributed by atoms with Crippen LogP contribution in [0.15, 0.2) is 0 Å². The van der Waals surface area contributed by atoms with E-state index in [-0.39, 0.29) is 18.3 Å². The molecular formula is C9H13N5OS. The lowest BCUT2D eigenvalue weighted by Crippen LogP contribution is -2.30. The van der Waals surface area contributed by atoms with Crippen LogP contribution in [0.1, 0.15) is 18.9 Å². The minimum atomic E-state index is -0.113. The van der Waals surface area contributed by atoms with Gasteiger partial charge < -0.3 is 16.4 Å². The van der Waals surface area contributed by atoms with Gasteiger partial charge in [-0.05, 0) is 18.0 Å². The van der Waals surface area contributed by atoms with Crippen molar-refractivity contribution in [2.45, 2.75) is 13.3 Å². The van der Waals surface area contributed by atoms with Crippen LogP contribution in [0.5, 0.6) is 0 Å². The van der Waals surface area contributed by atoms with Gasteiger partial charge in [0.1, 0.15) is 16.6 Å². The van der Waals surface area contributed by atoms with E-state index in [1.165, 1.54) is 0 Å². The van der Waals surface area contributed by atoms with Crippen molar-refractivity contribution in [3.63, 3.8) is 0 Å². The van der Waals surface area contributed by atoms with Crippen LogP contribution < -0.4 is 16.4 Å². The minimum Gasteiger partial charge on any atom is -0.382 e. The average Bonchev–Trinajstić information content (AvgIpc) is 2.64. The van der Waals surface area contributed by atoms with Crippen molar-refractivity contribution < 1.29 is 4.79 Å². The maximum absolute atomic E-state index is 11.3. The van der Waals surface area contributed by atoms with Gasteiger partial charge in [0.25, 0.3) is 0 Å². The standard InChI is InChI=1S/C9H13N5OS/c1-2-3-12-7(15)5-13-9-6(4-10)8(11)14-16-9/h13H,2-3,5H2,1H3,(H2,11,14)(H,12,15). The van der Waals surface area contributed by atoms with E-state index in [0.717, 1.165) is 18.0 Å². The molecule has 16 heavy (non-hydrogen) atoms. The number of anilines is 2. The van der Waals surface area contributed by atoms with Crippen molar-refractivity contribution in [3.8, 4) is 6.07 Å². The molecule has 7 heteroatoms. The van der Waals surface area contributed by atoms with E-state index < -0.39 is 0 Å². The number of hydrogen-bond donors (Lipinski definition) is 3. The zero-order valence-corrected chi connectivity index (χ0v) is 9.73. The molecule has 0 saturated carbocycles. The number of nitrogens with zero attached hydrogens (tertiary/aromatic N) is 2. The van der Waals surface area contributed by atoms with Crippen molar-refractivity contribution in [2.75, 3.05) is 24.1 Å². The summed E-state index contributed by atoms with van der Waals surface area (Å²) in [6, 6.07) is 1.94. The lowest BCUT2D eigenvalue weighted by atomic mass is 10.3. The zero-order chi connectivity index (χ0) is 12.0. The minimum absolute atomic E-state index is 0.113. The summed E-state index contributed by atoms with van der Waals surface area (Å²) in [4.78, 5) is 11.3. The fraction of sp³-hybridized carbons (Fsp3) is 0.444. The van der Waals surface area contributed by atoms with Crippen molar-refractivity contribution in [3.05, 3.63) is 5.56 Å². The van der Waals surface area contributed by atoms with Crippen LogP contribution in [0.25, 0.3) is 0 Å². The largest absolute Gasteiger partial charge is 0.382 e. The maximum atomic E-state index is 11.3. The van der Waals surface area contributed by atoms with Gasteiger partial charge in [-0.3, -0.25) is 4.79 Å². The molecule has 1 heterocycles. The molecule has 0 atom stereocenters. The van der Waals surface area contributed by atoms with E-state index in [4.69, 9.17) is 11.0 Å². The van der Waals surface area contributed by atoms with Gasteiger partial charge in [-0.2, -0.15) is 9.64 Å². The Bertz CT molecular complexity index is 409. The van der Waals surface area contributed by atoms with Gasteiger partial charge in [0.05, 0.1) is 6.54 Å². The van der Waals surface area contributed by atoms with Gasteiger partial charge in [-0.15, -0.1) is 0 Å². The highest BCUT2D eigenvalue weighted by atomic mass is 32.1. The van der Waals surface area contributed by atoms with Crippen LogP contribution in [0.4, 0.5) is 10.8 Å². The molecule has 0 unspecified atom stereocenters. The first-order valence-corrected chi connectivity index (χ1v) is 5.62. The van der Waals surface area contributed by atoms with Crippen molar-refractivity contribution in [2.24, 2.45) is 0 Å². The smallest absolute Gasteiger partial charge is 0.239 e. The Hall–Kier alpha value is -1.81. The van der Waals surface area contributed by atoms with E-state index in [1.807, 2.05) is 13.0 Å². The predicted octanol–water partition coefficient (Wildman–Crippen LogP) is 0.535. The molecule has 0 aliphatic carbocycles. The quantitative estimate of drug-likeness (QED) is 0.695. The fourth-order valence-electron chi connectivity index (χ4n) is 1.02. The van der Waals surface area contributed by atoms with E-state index in [1.54, 1.807) is 0 Å². The third kappa shape index (κ3) is 3.10. The zero-order valence-electron chi connectivity index (χ0n) is 8.91. The average molecular weight is 239 g/mol. The summed E-state index contributed by atoms with van der Waals surface area (Å²) in [6.45, 7) is 2.75. The number of nitrogens with one attached hydrogen (secondary N) is 2. The van der Waals surface area contributed by atoms with Crippen molar-refractivity contribution in [1.29, 1.82) is 5.26 Å². The van der Waals surface area contributed by atoms with Crippen LogP contribution in [-0.4, -0.2) is 23.4 Å². The van der Waals surface area contributed by atoms with Gasteiger partial charge in [0, 0.05) is 6.54 Å². The molecule has 1 amide bonds. The number of aromatic nitrogens is 1. The summed E-state index contributed by atoms with van der Waals surface area (Å²) in [5, 5.41) is 14.9. The summed E-state index contributed by atoms with van der Waals surface area (Å²) in [7, 11) is 0. The molecule has 6 nitrogen and oxygen atoms in total. The monoisotopic (exact) mass is 239 g/mol. The van der Waals surface area contributed by atoms with Crippen LogP contribution in [-0.2, 0) is 4.79 Å². The van der Waals surface area contributed by atoms with Crippen LogP contribution in [0, 0.1) is 11.3 Å². The lowest BCUT2D eigenvalue weighted by Gasteiger charge is -2.04. The second-order valence-electron chi connectivity index (χ2n) is 3.09. The van der Waals surface area contributed by atoms with E-state index >= 15 is 0 Å². The second kappa shape index (κ2) is 5.92. The third-order valence-electron chi connectivity index (χ3n) is 1.81. The number of rotatable bonds is 5. The first-order valence-electron chi connectivity index (χ1n) is 4.84. The van der Waals surface area contributed by atoms with Gasteiger partial charge in [0.15, 0.2) is 5.82 Å². The number of hydrogen-bond acceptors (Lipinski definition) is 6. The normalized spacial score (nSPS) is 9.50. The number of nitriles is 1. The summed E-state index contributed by atoms with van der Waals surface area (Å²) < 4.78 is 3.83. The number of nitrogen functional groups attached to an aromatic ring is 1. The van der Waals surface area contributed by atoms with Gasteiger partial charge in [-0.1, -0.05) is 6.92 Å². The topological polar surface area (TPSA) is 104 Å². The van der Waals surface area contributed by atoms with Gasteiger partial charge in [-0.25, -0.2) is 0 Å². The lowest BCUT2D eigenvalue weighted by molar-refractivity contribution is -0.119. The molecule has 0 aliphatic rings. The number of amides is 1. The van der Waals surface area contributed by atoms with E-state index in [0.29, 0.717) is 17.1 Å². The van der Waals surface area contributed by atoms with Crippen molar-refractivity contribution in [1.82, 2.24) is 9.69 Å². The van der Waals surface area contributed by atoms with Crippen LogP contribution in [0.3, 0.4) is 0 Å². The highest BCUT2D eigenvalue weighted by Gasteiger charge is 2.11. The molecule has 0 radical (unpaired) electrons. The maximum Gasteiger partial charge on any atom is 0.239 e. The molecule has 1 aromatic heterocycles. The molecule has 0 aliphatic heterocycles. The second-order valence-corrected chi connectivity index (χ2v) is 3.86. The van der Waals surface area contributed by atoms with Crippen molar-refractivity contribution >= 4 is 28.3 Å². The number of nitrogens with two attached hydrogens (primary N) is 1. The Morgan fingerprint density at radius 1 is 1.69 bits per heavy atom. The predicted molar refractivity (Wildman–Crippen MR) is 63.0 cm³/mol. The van der Waals surface area contributed by atoms with Gasteiger partial charge >= 0.3 is 0 Å². The fourth-order valence-corrected chi connectivity index (χ4v) is 1.68. The molecule has 0 aromatic carbocycles. The number of carbonyl (C=O) groups excluding carboxylic acids is 1. The summed E-state index contributed by atoms with van der Waals surface area (Å²) in [5.74, 6) is 0.0849. The summed E-state index contributed by atoms with van der Waals surface area (Å²) >= 11 is 1.08. The number of carbonyl (C=O) groups is 1. The highest BCUT2D eigenvalue weighted by molar-refractivity contribution is 7.10. The first kappa shape index (κ1) is 12.3. The molecule has 0 fully saturated rings. The van der Waals surface area contributed by atoms with E-state index in [9.17, 15) is 4.79 Å². The molecule has 1 rings (SSSR count). The Morgan fingerprint density at radius 2 is 2.44 bits per heavy atom. The summed E-state index contributed by atoms with van der Waals surface area (Å²) in [5.41, 5.74) is 5.77. The highest BCUT2D eigenvalue weighted by Crippen LogP contribution is 2.24. The molecule has 86 valence electrons. The van der Waals surface area contributed by atoms with Crippen LogP contribution in [0.2, 0.25) is 0 Å². The summed E-state index contributed by atoms with van der Waals surface area (Å²) in [6.07, 6.45) is 0.892. The van der Waals surface area contributed by atoms with Gasteiger partial charge in [0.2, 0.25) is 5.91 Å². The third-order valence-corrected chi connectivity index (χ3v) is 2.63. The molecule has 0 saturated heterocycles. The Balaban J connectivity index is 2.49. The molecule has 0 spiro atoms. The van der Waals surface area contributed by atoms with E-state index in [2.05, 4.69) is 15.0 Å². The Kier molecular flexibility index (Phi) is 4.54. The SMILES string of the molecule is CCCNC(=O)CNc1snc(N)c1C#N. The molecule has 4 N–H and O–H groups in total. The Morgan fingerprint density at radius 3 is 3.06 bits per heavy atom.